The summed E-state index contributed by atoms with van der Waals surface area (Å²) in [5.41, 5.74) is 0. The van der Waals surface area contributed by atoms with Gasteiger partial charge in [-0.1, -0.05) is 22.0 Å². The van der Waals surface area contributed by atoms with Crippen molar-refractivity contribution in [3.63, 3.8) is 0 Å². The topological polar surface area (TPSA) is 58.6 Å². The maximum absolute atomic E-state index is 12.3. The molecule has 1 fully saturated rings. The second-order valence-corrected chi connectivity index (χ2v) is 6.55. The van der Waals surface area contributed by atoms with E-state index in [0.29, 0.717) is 25.1 Å². The van der Waals surface area contributed by atoms with Crippen LogP contribution in [-0.2, 0) is 9.59 Å². The molecule has 1 saturated heterocycles. The van der Waals surface area contributed by atoms with E-state index >= 15 is 0 Å². The first-order chi connectivity index (χ1) is 11.8. The summed E-state index contributed by atoms with van der Waals surface area (Å²) in [6, 6.07) is 6.29. The van der Waals surface area contributed by atoms with Crippen molar-refractivity contribution in [3.05, 3.63) is 28.7 Å². The molecule has 1 aromatic rings. The number of ether oxygens (including phenoxy) is 1. The second-order valence-electron chi connectivity index (χ2n) is 5.63. The maximum atomic E-state index is 12.3. The molecule has 1 aromatic carbocycles. The molecule has 0 radical (unpaired) electrons. The van der Waals surface area contributed by atoms with Gasteiger partial charge in [-0.25, -0.2) is 0 Å². The number of nitrogens with one attached hydrogen (secondary N) is 1. The third kappa shape index (κ3) is 6.22. The van der Waals surface area contributed by atoms with E-state index in [2.05, 4.69) is 15.9 Å². The average Bonchev–Trinajstić information content (AvgIpc) is 3.01. The first-order valence-corrected chi connectivity index (χ1v) is 8.58. The number of benzene rings is 1. The third-order valence-corrected chi connectivity index (χ3v) is 4.21. The summed E-state index contributed by atoms with van der Waals surface area (Å²) in [6.07, 6.45) is -3.47. The molecule has 1 heterocycles. The van der Waals surface area contributed by atoms with E-state index in [0.717, 1.165) is 4.47 Å². The molecule has 0 bridgehead atoms. The number of nitrogens with zero attached hydrogens (tertiary/aromatic N) is 1. The molecule has 1 atom stereocenters. The second kappa shape index (κ2) is 8.55. The van der Waals surface area contributed by atoms with Gasteiger partial charge < -0.3 is 15.0 Å². The lowest BCUT2D eigenvalue weighted by molar-refractivity contribution is -0.145. The Morgan fingerprint density at radius 3 is 2.80 bits per heavy atom. The minimum atomic E-state index is -4.47. The minimum Gasteiger partial charge on any atom is -0.493 e. The molecule has 2 amide bonds. The SMILES string of the molecule is O=C(NCC(F)(F)F)C1CCCN1C(=O)CCOc1cccc(Br)c1. The zero-order valence-electron chi connectivity index (χ0n) is 13.3. The molecular weight excluding hydrogens is 405 g/mol. The van der Waals surface area contributed by atoms with Crippen LogP contribution in [0.15, 0.2) is 28.7 Å². The van der Waals surface area contributed by atoms with Gasteiger partial charge in [0.2, 0.25) is 11.8 Å². The van der Waals surface area contributed by atoms with Gasteiger partial charge in [-0.2, -0.15) is 13.2 Å². The highest BCUT2D eigenvalue weighted by atomic mass is 79.9. The van der Waals surface area contributed by atoms with E-state index in [9.17, 15) is 22.8 Å². The van der Waals surface area contributed by atoms with Crippen molar-refractivity contribution in [2.24, 2.45) is 0 Å². The molecule has 0 saturated carbocycles. The first kappa shape index (κ1) is 19.6. The van der Waals surface area contributed by atoms with E-state index in [1.54, 1.807) is 18.2 Å². The van der Waals surface area contributed by atoms with Crippen molar-refractivity contribution in [2.45, 2.75) is 31.5 Å². The molecule has 9 heteroatoms. The quantitative estimate of drug-likeness (QED) is 0.766. The fourth-order valence-corrected chi connectivity index (χ4v) is 2.98. The van der Waals surface area contributed by atoms with Crippen molar-refractivity contribution < 1.29 is 27.5 Å². The molecule has 1 unspecified atom stereocenters. The Balaban J connectivity index is 1.82. The number of carbonyl (C=O) groups excluding carboxylic acids is 2. The maximum Gasteiger partial charge on any atom is 0.405 e. The Labute approximate surface area is 151 Å². The van der Waals surface area contributed by atoms with Gasteiger partial charge in [0, 0.05) is 11.0 Å². The van der Waals surface area contributed by atoms with Crippen LogP contribution in [0.25, 0.3) is 0 Å². The van der Waals surface area contributed by atoms with Crippen LogP contribution in [0.3, 0.4) is 0 Å². The number of hydrogen-bond acceptors (Lipinski definition) is 3. The number of alkyl halides is 3. The van der Waals surface area contributed by atoms with Crippen LogP contribution in [-0.4, -0.2) is 48.6 Å². The summed E-state index contributed by atoms with van der Waals surface area (Å²) < 4.78 is 42.9. The smallest absolute Gasteiger partial charge is 0.405 e. The van der Waals surface area contributed by atoms with Gasteiger partial charge in [0.25, 0.3) is 0 Å². The Morgan fingerprint density at radius 1 is 1.36 bits per heavy atom. The molecule has 5 nitrogen and oxygen atoms in total. The average molecular weight is 423 g/mol. The lowest BCUT2D eigenvalue weighted by Crippen LogP contribution is -2.48. The zero-order valence-corrected chi connectivity index (χ0v) is 14.9. The van der Waals surface area contributed by atoms with Crippen LogP contribution in [0.1, 0.15) is 19.3 Å². The summed E-state index contributed by atoms with van der Waals surface area (Å²) in [4.78, 5) is 25.5. The Hall–Kier alpha value is -1.77. The number of carbonyl (C=O) groups is 2. The van der Waals surface area contributed by atoms with Gasteiger partial charge in [0.1, 0.15) is 18.3 Å². The van der Waals surface area contributed by atoms with Crippen LogP contribution >= 0.6 is 15.9 Å². The van der Waals surface area contributed by atoms with Gasteiger partial charge in [0.05, 0.1) is 13.0 Å². The van der Waals surface area contributed by atoms with Crippen LogP contribution in [0.5, 0.6) is 5.75 Å². The van der Waals surface area contributed by atoms with E-state index in [1.165, 1.54) is 4.90 Å². The first-order valence-electron chi connectivity index (χ1n) is 7.78. The molecule has 1 N–H and O–H groups in total. The summed E-state index contributed by atoms with van der Waals surface area (Å²) in [5, 5.41) is 1.84. The summed E-state index contributed by atoms with van der Waals surface area (Å²) >= 11 is 3.31. The lowest BCUT2D eigenvalue weighted by atomic mass is 10.2. The van der Waals surface area contributed by atoms with Gasteiger partial charge in [0.15, 0.2) is 0 Å². The molecule has 0 spiro atoms. The molecule has 1 aliphatic heterocycles. The molecular formula is C16H18BrF3N2O3. The van der Waals surface area contributed by atoms with Gasteiger partial charge in [-0.3, -0.25) is 9.59 Å². The fraction of sp³-hybridized carbons (Fsp3) is 0.500. The van der Waals surface area contributed by atoms with Crippen LogP contribution in [0.4, 0.5) is 13.2 Å². The molecule has 0 aliphatic carbocycles. The number of amides is 2. The summed E-state index contributed by atoms with van der Waals surface area (Å²) in [6.45, 7) is -0.904. The molecule has 1 aliphatic rings. The Morgan fingerprint density at radius 2 is 2.12 bits per heavy atom. The van der Waals surface area contributed by atoms with E-state index in [-0.39, 0.29) is 18.9 Å². The normalized spacial score (nSPS) is 17.4. The lowest BCUT2D eigenvalue weighted by Gasteiger charge is -2.24. The minimum absolute atomic E-state index is 0.0512. The predicted octanol–water partition coefficient (Wildman–Crippen LogP) is 2.89. The zero-order chi connectivity index (χ0) is 18.4. The number of halogens is 4. The summed E-state index contributed by atoms with van der Waals surface area (Å²) in [5.74, 6) is -0.473. The highest BCUT2D eigenvalue weighted by Crippen LogP contribution is 2.21. The Kier molecular flexibility index (Phi) is 6.69. The van der Waals surface area contributed by atoms with Crippen molar-refractivity contribution in [1.29, 1.82) is 0 Å². The fourth-order valence-electron chi connectivity index (χ4n) is 2.60. The van der Waals surface area contributed by atoms with E-state index < -0.39 is 24.7 Å². The number of hydrogen-bond donors (Lipinski definition) is 1. The van der Waals surface area contributed by atoms with Crippen molar-refractivity contribution in [2.75, 3.05) is 19.7 Å². The highest BCUT2D eigenvalue weighted by Gasteiger charge is 2.36. The third-order valence-electron chi connectivity index (χ3n) is 3.72. The molecule has 0 aromatic heterocycles. The van der Waals surface area contributed by atoms with Gasteiger partial charge >= 0.3 is 6.18 Å². The molecule has 138 valence electrons. The van der Waals surface area contributed by atoms with Crippen molar-refractivity contribution >= 4 is 27.7 Å². The molecule has 2 rings (SSSR count). The Bertz CT molecular complexity index is 625. The monoisotopic (exact) mass is 422 g/mol. The van der Waals surface area contributed by atoms with Gasteiger partial charge in [-0.05, 0) is 31.0 Å². The van der Waals surface area contributed by atoms with Crippen LogP contribution in [0.2, 0.25) is 0 Å². The largest absolute Gasteiger partial charge is 0.493 e. The van der Waals surface area contributed by atoms with Crippen LogP contribution in [0, 0.1) is 0 Å². The number of rotatable bonds is 6. The van der Waals surface area contributed by atoms with Crippen molar-refractivity contribution in [1.82, 2.24) is 10.2 Å². The van der Waals surface area contributed by atoms with Crippen molar-refractivity contribution in [3.8, 4) is 5.75 Å². The van der Waals surface area contributed by atoms with E-state index in [4.69, 9.17) is 4.74 Å². The number of likely N-dealkylation sites (tertiary alicyclic amines) is 1. The van der Waals surface area contributed by atoms with Gasteiger partial charge in [-0.15, -0.1) is 0 Å². The molecule has 25 heavy (non-hydrogen) atoms. The van der Waals surface area contributed by atoms with E-state index in [1.807, 2.05) is 11.4 Å². The summed E-state index contributed by atoms with van der Waals surface area (Å²) in [7, 11) is 0. The predicted molar refractivity (Wildman–Crippen MR) is 88.1 cm³/mol. The highest BCUT2D eigenvalue weighted by molar-refractivity contribution is 9.10. The standard InChI is InChI=1S/C16H18BrF3N2O3/c17-11-3-1-4-12(9-11)25-8-6-14(23)22-7-2-5-13(22)15(24)21-10-16(18,19)20/h1,3-4,9,13H,2,5-8,10H2,(H,21,24). The van der Waals surface area contributed by atoms with Crippen LogP contribution < -0.4 is 10.1 Å².